The summed E-state index contributed by atoms with van der Waals surface area (Å²) in [6.07, 6.45) is 0. The largest absolute Gasteiger partial charge is 0.345 e. The minimum atomic E-state index is -0.329. The van der Waals surface area contributed by atoms with Crippen molar-refractivity contribution in [2.75, 3.05) is 0 Å². The number of rotatable bonds is 5. The highest BCUT2D eigenvalue weighted by atomic mass is 35.5. The van der Waals surface area contributed by atoms with Crippen molar-refractivity contribution in [2.24, 2.45) is 0 Å². The Bertz CT molecular complexity index is 1140. The first-order chi connectivity index (χ1) is 14.1. The van der Waals surface area contributed by atoms with E-state index >= 15 is 0 Å². The van der Waals surface area contributed by atoms with Crippen LogP contribution in [0.15, 0.2) is 78.9 Å². The zero-order valence-corrected chi connectivity index (χ0v) is 16.6. The van der Waals surface area contributed by atoms with Gasteiger partial charge in [-0.25, -0.2) is 9.67 Å². The summed E-state index contributed by atoms with van der Waals surface area (Å²) in [5.41, 5.74) is 3.52. The molecular formula is C23H19ClN4O. The molecule has 6 heteroatoms. The van der Waals surface area contributed by atoms with Crippen LogP contribution in [-0.2, 0) is 6.54 Å². The van der Waals surface area contributed by atoms with Crippen LogP contribution in [0.3, 0.4) is 0 Å². The Morgan fingerprint density at radius 1 is 0.966 bits per heavy atom. The van der Waals surface area contributed by atoms with E-state index in [1.165, 1.54) is 0 Å². The molecule has 0 saturated heterocycles. The molecule has 1 N–H and O–H groups in total. The van der Waals surface area contributed by atoms with Gasteiger partial charge in [0.15, 0.2) is 5.82 Å². The Morgan fingerprint density at radius 2 is 1.66 bits per heavy atom. The minimum absolute atomic E-state index is 0.110. The fourth-order valence-electron chi connectivity index (χ4n) is 3.03. The second kappa shape index (κ2) is 8.29. The summed E-state index contributed by atoms with van der Waals surface area (Å²) in [5.74, 6) is 0.365. The van der Waals surface area contributed by atoms with Gasteiger partial charge in [-0.15, -0.1) is 5.10 Å². The lowest BCUT2D eigenvalue weighted by molar-refractivity contribution is 0.0940. The molecule has 0 aliphatic heterocycles. The van der Waals surface area contributed by atoms with E-state index in [1.807, 2.05) is 85.8 Å². The maximum Gasteiger partial charge on any atom is 0.291 e. The maximum absolute atomic E-state index is 12.7. The van der Waals surface area contributed by atoms with Crippen molar-refractivity contribution in [3.63, 3.8) is 0 Å². The topological polar surface area (TPSA) is 59.8 Å². The summed E-state index contributed by atoms with van der Waals surface area (Å²) >= 11 is 6.31. The van der Waals surface area contributed by atoms with Crippen LogP contribution in [0.25, 0.3) is 17.1 Å². The average molecular weight is 403 g/mol. The van der Waals surface area contributed by atoms with Gasteiger partial charge in [0.2, 0.25) is 5.82 Å². The Labute approximate surface area is 174 Å². The molecular weight excluding hydrogens is 384 g/mol. The van der Waals surface area contributed by atoms with Gasteiger partial charge < -0.3 is 5.32 Å². The summed E-state index contributed by atoms with van der Waals surface area (Å²) in [7, 11) is 0. The fourth-order valence-corrected chi connectivity index (χ4v) is 3.20. The number of nitrogens with zero attached hydrogens (tertiary/aromatic N) is 3. The molecule has 0 aliphatic rings. The van der Waals surface area contributed by atoms with Crippen LogP contribution in [0, 0.1) is 6.92 Å². The molecule has 1 heterocycles. The highest BCUT2D eigenvalue weighted by molar-refractivity contribution is 6.31. The maximum atomic E-state index is 12.7. The van der Waals surface area contributed by atoms with Gasteiger partial charge in [0.05, 0.1) is 5.69 Å². The zero-order valence-electron chi connectivity index (χ0n) is 15.8. The van der Waals surface area contributed by atoms with Crippen LogP contribution in [0.4, 0.5) is 0 Å². The van der Waals surface area contributed by atoms with Gasteiger partial charge >= 0.3 is 0 Å². The summed E-state index contributed by atoms with van der Waals surface area (Å²) in [5, 5.41) is 8.02. The molecule has 0 unspecified atom stereocenters. The number of nitrogens with one attached hydrogen (secondary N) is 1. The molecule has 1 amide bonds. The van der Waals surface area contributed by atoms with Gasteiger partial charge in [-0.3, -0.25) is 4.79 Å². The molecule has 0 aliphatic carbocycles. The SMILES string of the molecule is Cc1c(Cl)cccc1-n1nc(C(=O)NCc2ccccc2)nc1-c1ccccc1. The molecule has 0 radical (unpaired) electrons. The Balaban J connectivity index is 1.72. The van der Waals surface area contributed by atoms with E-state index in [0.717, 1.165) is 22.4 Å². The Morgan fingerprint density at radius 3 is 2.38 bits per heavy atom. The third kappa shape index (κ3) is 4.05. The Hall–Kier alpha value is -3.44. The van der Waals surface area contributed by atoms with E-state index in [-0.39, 0.29) is 11.7 Å². The van der Waals surface area contributed by atoms with Crippen LogP contribution in [0.5, 0.6) is 0 Å². The highest BCUT2D eigenvalue weighted by Gasteiger charge is 2.20. The number of hydrogen-bond donors (Lipinski definition) is 1. The molecule has 144 valence electrons. The first kappa shape index (κ1) is 18.9. The van der Waals surface area contributed by atoms with Crippen LogP contribution >= 0.6 is 11.6 Å². The van der Waals surface area contributed by atoms with Crippen LogP contribution in [-0.4, -0.2) is 20.7 Å². The van der Waals surface area contributed by atoms with Crippen LogP contribution < -0.4 is 5.32 Å². The van der Waals surface area contributed by atoms with Gasteiger partial charge in [-0.2, -0.15) is 0 Å². The number of benzene rings is 3. The lowest BCUT2D eigenvalue weighted by Crippen LogP contribution is -2.24. The molecule has 0 fully saturated rings. The molecule has 3 aromatic carbocycles. The van der Waals surface area contributed by atoms with Crippen molar-refractivity contribution in [3.8, 4) is 17.1 Å². The molecule has 29 heavy (non-hydrogen) atoms. The summed E-state index contributed by atoms with van der Waals surface area (Å²) in [6, 6.07) is 25.0. The smallest absolute Gasteiger partial charge is 0.291 e. The van der Waals surface area contributed by atoms with Gasteiger partial charge in [0.1, 0.15) is 0 Å². The number of hydrogen-bond acceptors (Lipinski definition) is 3. The van der Waals surface area contributed by atoms with Crippen molar-refractivity contribution in [1.29, 1.82) is 0 Å². The van der Waals surface area contributed by atoms with E-state index in [1.54, 1.807) is 4.68 Å². The van der Waals surface area contributed by atoms with Gasteiger partial charge in [-0.05, 0) is 30.2 Å². The third-order valence-electron chi connectivity index (χ3n) is 4.61. The quantitative estimate of drug-likeness (QED) is 0.520. The molecule has 0 saturated carbocycles. The van der Waals surface area contributed by atoms with Crippen molar-refractivity contribution in [2.45, 2.75) is 13.5 Å². The lowest BCUT2D eigenvalue weighted by atomic mass is 10.2. The van der Waals surface area contributed by atoms with Crippen molar-refractivity contribution in [3.05, 3.63) is 101 Å². The third-order valence-corrected chi connectivity index (χ3v) is 5.01. The first-order valence-corrected chi connectivity index (χ1v) is 9.61. The van der Waals surface area contributed by atoms with Crippen molar-refractivity contribution in [1.82, 2.24) is 20.1 Å². The molecule has 4 aromatic rings. The second-order valence-corrected chi connectivity index (χ2v) is 7.00. The molecule has 0 spiro atoms. The van der Waals surface area contributed by atoms with Crippen molar-refractivity contribution < 1.29 is 4.79 Å². The number of carbonyl (C=O) groups excluding carboxylic acids is 1. The number of amides is 1. The van der Waals surface area contributed by atoms with Crippen molar-refractivity contribution >= 4 is 17.5 Å². The number of halogens is 1. The standard InChI is InChI=1S/C23H19ClN4O/c1-16-19(24)13-8-14-20(16)28-22(18-11-6-3-7-12-18)26-21(27-28)23(29)25-15-17-9-4-2-5-10-17/h2-14H,15H2,1H3,(H,25,29). The van der Waals surface area contributed by atoms with E-state index in [2.05, 4.69) is 15.4 Å². The summed E-state index contributed by atoms with van der Waals surface area (Å²) in [6.45, 7) is 2.33. The predicted molar refractivity (Wildman–Crippen MR) is 114 cm³/mol. The zero-order chi connectivity index (χ0) is 20.2. The minimum Gasteiger partial charge on any atom is -0.345 e. The van der Waals surface area contributed by atoms with E-state index in [9.17, 15) is 4.79 Å². The molecule has 4 rings (SSSR count). The second-order valence-electron chi connectivity index (χ2n) is 6.59. The lowest BCUT2D eigenvalue weighted by Gasteiger charge is -2.10. The number of carbonyl (C=O) groups is 1. The van der Waals surface area contributed by atoms with Gasteiger partial charge in [0, 0.05) is 17.1 Å². The molecule has 5 nitrogen and oxygen atoms in total. The van der Waals surface area contributed by atoms with E-state index in [0.29, 0.717) is 17.4 Å². The Kier molecular flexibility index (Phi) is 5.40. The number of aromatic nitrogens is 3. The highest BCUT2D eigenvalue weighted by Crippen LogP contribution is 2.26. The first-order valence-electron chi connectivity index (χ1n) is 9.23. The predicted octanol–water partition coefficient (Wildman–Crippen LogP) is 4.83. The summed E-state index contributed by atoms with van der Waals surface area (Å²) < 4.78 is 1.67. The molecule has 0 bridgehead atoms. The van der Waals surface area contributed by atoms with Gasteiger partial charge in [0.25, 0.3) is 5.91 Å². The fraction of sp³-hybridized carbons (Fsp3) is 0.0870. The normalized spacial score (nSPS) is 10.7. The van der Waals surface area contributed by atoms with E-state index in [4.69, 9.17) is 11.6 Å². The summed E-state index contributed by atoms with van der Waals surface area (Å²) in [4.78, 5) is 17.3. The van der Waals surface area contributed by atoms with Crippen LogP contribution in [0.1, 0.15) is 21.7 Å². The van der Waals surface area contributed by atoms with E-state index < -0.39 is 0 Å². The molecule has 0 atom stereocenters. The molecule has 1 aromatic heterocycles. The van der Waals surface area contributed by atoms with Crippen LogP contribution in [0.2, 0.25) is 5.02 Å². The average Bonchev–Trinajstić information content (AvgIpc) is 3.21. The van der Waals surface area contributed by atoms with Gasteiger partial charge in [-0.1, -0.05) is 78.3 Å². The monoisotopic (exact) mass is 402 g/mol.